The van der Waals surface area contributed by atoms with Crippen molar-refractivity contribution in [2.45, 2.75) is 90.9 Å². The Morgan fingerprint density at radius 3 is 2.07 bits per heavy atom. The molecule has 0 bridgehead atoms. The standard InChI is InChI=1S/C22H35NO4/c1-21(2,3)26-19(24)15-11-10-14-18(16-17-12-8-7-9-13-17)23-20(25)27-22(4,5)6/h7-9,12-13,18H,10-11,14-16H2,1-6H3,(H,23,25)/t18-/m1/s1. The summed E-state index contributed by atoms with van der Waals surface area (Å²) >= 11 is 0. The largest absolute Gasteiger partial charge is 0.460 e. The molecule has 0 unspecified atom stereocenters. The van der Waals surface area contributed by atoms with Crippen LogP contribution in [0.5, 0.6) is 0 Å². The Balaban J connectivity index is 2.53. The van der Waals surface area contributed by atoms with Crippen molar-refractivity contribution in [3.63, 3.8) is 0 Å². The number of carbonyl (C=O) groups excluding carboxylic acids is 2. The quantitative estimate of drug-likeness (QED) is 0.510. The second kappa shape index (κ2) is 10.3. The maximum absolute atomic E-state index is 12.1. The highest BCUT2D eigenvalue weighted by Crippen LogP contribution is 2.14. The molecule has 5 nitrogen and oxygen atoms in total. The van der Waals surface area contributed by atoms with Gasteiger partial charge in [-0.25, -0.2) is 4.79 Å². The van der Waals surface area contributed by atoms with E-state index in [4.69, 9.17) is 9.47 Å². The van der Waals surface area contributed by atoms with Gasteiger partial charge in [0.05, 0.1) is 0 Å². The van der Waals surface area contributed by atoms with Crippen molar-refractivity contribution in [3.05, 3.63) is 35.9 Å². The highest BCUT2D eigenvalue weighted by Gasteiger charge is 2.20. The molecule has 27 heavy (non-hydrogen) atoms. The van der Waals surface area contributed by atoms with Crippen molar-refractivity contribution in [2.24, 2.45) is 0 Å². The SMILES string of the molecule is CC(C)(C)OC(=O)CCCC[C@H](Cc1ccccc1)NC(=O)OC(C)(C)C. The fraction of sp³-hybridized carbons (Fsp3) is 0.636. The Bertz CT molecular complexity index is 585. The van der Waals surface area contributed by atoms with Gasteiger partial charge in [-0.3, -0.25) is 4.79 Å². The molecule has 0 heterocycles. The van der Waals surface area contributed by atoms with Crippen molar-refractivity contribution >= 4 is 12.1 Å². The van der Waals surface area contributed by atoms with Gasteiger partial charge in [0, 0.05) is 12.5 Å². The minimum atomic E-state index is -0.530. The van der Waals surface area contributed by atoms with Gasteiger partial charge in [0.2, 0.25) is 0 Å². The molecule has 0 aromatic heterocycles. The summed E-state index contributed by atoms with van der Waals surface area (Å²) < 4.78 is 10.7. The van der Waals surface area contributed by atoms with Crippen LogP contribution in [0.1, 0.15) is 72.8 Å². The van der Waals surface area contributed by atoms with E-state index < -0.39 is 17.3 Å². The van der Waals surface area contributed by atoms with Gasteiger partial charge >= 0.3 is 12.1 Å². The van der Waals surface area contributed by atoms with Gasteiger partial charge in [-0.2, -0.15) is 0 Å². The van der Waals surface area contributed by atoms with E-state index in [0.29, 0.717) is 6.42 Å². The number of hydrogen-bond donors (Lipinski definition) is 1. The number of hydrogen-bond acceptors (Lipinski definition) is 4. The number of esters is 1. The number of amides is 1. The third-order valence-corrected chi connectivity index (χ3v) is 3.65. The number of rotatable bonds is 8. The van der Waals surface area contributed by atoms with Crippen LogP contribution in [-0.4, -0.2) is 29.3 Å². The van der Waals surface area contributed by atoms with E-state index in [1.807, 2.05) is 71.9 Å². The Labute approximate surface area is 163 Å². The first-order chi connectivity index (χ1) is 12.4. The van der Waals surface area contributed by atoms with E-state index in [1.165, 1.54) is 0 Å². The van der Waals surface area contributed by atoms with Gasteiger partial charge in [0.15, 0.2) is 0 Å². The van der Waals surface area contributed by atoms with E-state index in [2.05, 4.69) is 5.32 Å². The zero-order chi connectivity index (χ0) is 20.5. The van der Waals surface area contributed by atoms with Crippen LogP contribution in [-0.2, 0) is 20.7 Å². The molecule has 1 amide bonds. The molecule has 1 N–H and O–H groups in total. The molecule has 0 fully saturated rings. The number of alkyl carbamates (subject to hydrolysis) is 1. The molecule has 1 atom stereocenters. The first-order valence-corrected chi connectivity index (χ1v) is 9.70. The molecular formula is C22H35NO4. The third kappa shape index (κ3) is 12.1. The lowest BCUT2D eigenvalue weighted by Crippen LogP contribution is -2.40. The van der Waals surface area contributed by atoms with Crippen LogP contribution < -0.4 is 5.32 Å². The zero-order valence-corrected chi connectivity index (χ0v) is 17.6. The molecule has 1 aromatic carbocycles. The topological polar surface area (TPSA) is 64.6 Å². The second-order valence-electron chi connectivity index (χ2n) is 8.87. The molecule has 0 aliphatic heterocycles. The van der Waals surface area contributed by atoms with E-state index in [-0.39, 0.29) is 12.0 Å². The smallest absolute Gasteiger partial charge is 0.407 e. The number of carbonyl (C=O) groups is 2. The molecule has 0 aliphatic rings. The summed E-state index contributed by atoms with van der Waals surface area (Å²) in [4.78, 5) is 24.0. The lowest BCUT2D eigenvalue weighted by molar-refractivity contribution is -0.154. The average molecular weight is 378 g/mol. The van der Waals surface area contributed by atoms with Crippen LogP contribution >= 0.6 is 0 Å². The van der Waals surface area contributed by atoms with E-state index in [0.717, 1.165) is 31.2 Å². The Hall–Kier alpha value is -2.04. The summed E-state index contributed by atoms with van der Waals surface area (Å²) in [6.45, 7) is 11.1. The fourth-order valence-corrected chi connectivity index (χ4v) is 2.65. The van der Waals surface area contributed by atoms with E-state index in [1.54, 1.807) is 0 Å². The van der Waals surface area contributed by atoms with Gasteiger partial charge in [0.1, 0.15) is 11.2 Å². The van der Waals surface area contributed by atoms with E-state index >= 15 is 0 Å². The highest BCUT2D eigenvalue weighted by molar-refractivity contribution is 5.69. The van der Waals surface area contributed by atoms with Crippen molar-refractivity contribution in [3.8, 4) is 0 Å². The van der Waals surface area contributed by atoms with Gasteiger partial charge in [-0.15, -0.1) is 0 Å². The number of ether oxygens (including phenoxy) is 2. The maximum Gasteiger partial charge on any atom is 0.407 e. The first kappa shape index (κ1) is 23.0. The van der Waals surface area contributed by atoms with Crippen molar-refractivity contribution in [1.82, 2.24) is 5.32 Å². The molecule has 0 saturated carbocycles. The Kier molecular flexibility index (Phi) is 8.80. The predicted molar refractivity (Wildman–Crippen MR) is 108 cm³/mol. The summed E-state index contributed by atoms with van der Waals surface area (Å²) in [6, 6.07) is 10.0. The average Bonchev–Trinajstić information content (AvgIpc) is 2.48. The molecule has 152 valence electrons. The fourth-order valence-electron chi connectivity index (χ4n) is 2.65. The highest BCUT2D eigenvalue weighted by atomic mass is 16.6. The van der Waals surface area contributed by atoms with Crippen LogP contribution in [0.15, 0.2) is 30.3 Å². The Morgan fingerprint density at radius 1 is 0.926 bits per heavy atom. The van der Waals surface area contributed by atoms with Crippen molar-refractivity contribution in [2.75, 3.05) is 0 Å². The Morgan fingerprint density at radius 2 is 1.52 bits per heavy atom. The molecular weight excluding hydrogens is 342 g/mol. The number of nitrogens with one attached hydrogen (secondary N) is 1. The molecule has 0 radical (unpaired) electrons. The van der Waals surface area contributed by atoms with Gasteiger partial charge in [-0.1, -0.05) is 36.8 Å². The second-order valence-corrected chi connectivity index (χ2v) is 8.87. The van der Waals surface area contributed by atoms with Crippen LogP contribution in [0.4, 0.5) is 4.79 Å². The molecule has 0 spiro atoms. The van der Waals surface area contributed by atoms with E-state index in [9.17, 15) is 9.59 Å². The predicted octanol–water partition coefficient (Wildman–Crippen LogP) is 5.02. The summed E-state index contributed by atoms with van der Waals surface area (Å²) in [6.07, 6.45) is 3.05. The lowest BCUT2D eigenvalue weighted by atomic mass is 10.0. The summed E-state index contributed by atoms with van der Waals surface area (Å²) in [5.41, 5.74) is 0.175. The van der Waals surface area contributed by atoms with Crippen LogP contribution in [0.3, 0.4) is 0 Å². The van der Waals surface area contributed by atoms with Crippen LogP contribution in [0.25, 0.3) is 0 Å². The number of unbranched alkanes of at least 4 members (excludes halogenated alkanes) is 1. The third-order valence-electron chi connectivity index (χ3n) is 3.65. The first-order valence-electron chi connectivity index (χ1n) is 9.70. The minimum Gasteiger partial charge on any atom is -0.460 e. The van der Waals surface area contributed by atoms with Gasteiger partial charge in [0.25, 0.3) is 0 Å². The molecule has 0 saturated heterocycles. The molecule has 5 heteroatoms. The summed E-state index contributed by atoms with van der Waals surface area (Å²) in [5.74, 6) is -0.179. The van der Waals surface area contributed by atoms with Gasteiger partial charge < -0.3 is 14.8 Å². The van der Waals surface area contributed by atoms with Crippen LogP contribution in [0, 0.1) is 0 Å². The van der Waals surface area contributed by atoms with Crippen LogP contribution in [0.2, 0.25) is 0 Å². The monoisotopic (exact) mass is 377 g/mol. The molecule has 1 rings (SSSR count). The number of benzene rings is 1. The van der Waals surface area contributed by atoms with Crippen molar-refractivity contribution < 1.29 is 19.1 Å². The maximum atomic E-state index is 12.1. The summed E-state index contributed by atoms with van der Waals surface area (Å²) in [5, 5.41) is 2.97. The lowest BCUT2D eigenvalue weighted by Gasteiger charge is -2.24. The molecule has 0 aliphatic carbocycles. The zero-order valence-electron chi connectivity index (χ0n) is 17.6. The van der Waals surface area contributed by atoms with Crippen molar-refractivity contribution in [1.29, 1.82) is 0 Å². The van der Waals surface area contributed by atoms with Gasteiger partial charge in [-0.05, 0) is 66.4 Å². The minimum absolute atomic E-state index is 0.0408. The summed E-state index contributed by atoms with van der Waals surface area (Å²) in [7, 11) is 0. The molecule has 1 aromatic rings. The normalized spacial score (nSPS) is 13.0.